The maximum absolute atomic E-state index is 13.4. The minimum Gasteiger partial charge on any atom is -0.481 e. The quantitative estimate of drug-likeness (QED) is 0.538. The van der Waals surface area contributed by atoms with Gasteiger partial charge in [-0.2, -0.15) is 0 Å². The van der Waals surface area contributed by atoms with E-state index in [1.807, 2.05) is 49.4 Å². The summed E-state index contributed by atoms with van der Waals surface area (Å²) in [4.78, 5) is 10.7. The molecule has 1 aromatic carbocycles. The van der Waals surface area contributed by atoms with E-state index in [1.165, 1.54) is 0 Å². The first-order chi connectivity index (χ1) is 12.4. The van der Waals surface area contributed by atoms with Crippen LogP contribution in [-0.4, -0.2) is 23.0 Å². The smallest absolute Gasteiger partial charge is 0.481 e. The van der Waals surface area contributed by atoms with Crippen molar-refractivity contribution in [3.63, 3.8) is 0 Å². The van der Waals surface area contributed by atoms with Crippen LogP contribution in [-0.2, 0) is 11.2 Å². The molecule has 0 saturated carbocycles. The second kappa shape index (κ2) is 8.99. The molecule has 1 aromatic heterocycles. The van der Waals surface area contributed by atoms with Crippen molar-refractivity contribution in [1.82, 2.24) is 4.48 Å². The predicted octanol–water partition coefficient (Wildman–Crippen LogP) is 4.95. The van der Waals surface area contributed by atoms with Crippen molar-refractivity contribution < 1.29 is 18.5 Å². The van der Waals surface area contributed by atoms with Crippen LogP contribution in [0.1, 0.15) is 30.3 Å². The summed E-state index contributed by atoms with van der Waals surface area (Å²) in [6, 6.07) is 12.8. The SMILES string of the molecule is C=C(/C=C\C(C)=C\c1ccc(CCC(=O)O)n1B(F)F)c1ccccc1. The Labute approximate surface area is 152 Å². The number of aryl methyl sites for hydroxylation is 1. The molecule has 1 heterocycles. The third kappa shape index (κ3) is 5.31. The van der Waals surface area contributed by atoms with Crippen molar-refractivity contribution in [2.24, 2.45) is 0 Å². The maximum Gasteiger partial charge on any atom is 0.677 e. The molecule has 2 rings (SSSR count). The number of carboxylic acids is 1. The Hall–Kier alpha value is -2.89. The minimum atomic E-state index is -2.73. The zero-order chi connectivity index (χ0) is 19.1. The van der Waals surface area contributed by atoms with Gasteiger partial charge in [-0.3, -0.25) is 13.4 Å². The van der Waals surface area contributed by atoms with Crippen molar-refractivity contribution in [3.05, 3.63) is 83.7 Å². The van der Waals surface area contributed by atoms with Gasteiger partial charge in [0.25, 0.3) is 0 Å². The second-order valence-electron chi connectivity index (χ2n) is 5.90. The summed E-state index contributed by atoms with van der Waals surface area (Å²) < 4.78 is 27.6. The molecule has 0 saturated heterocycles. The maximum atomic E-state index is 13.4. The third-order valence-corrected chi connectivity index (χ3v) is 3.89. The topological polar surface area (TPSA) is 42.2 Å². The predicted molar refractivity (Wildman–Crippen MR) is 102 cm³/mol. The molecule has 6 heteroatoms. The number of hydrogen-bond donors (Lipinski definition) is 1. The summed E-state index contributed by atoms with van der Waals surface area (Å²) in [5.41, 5.74) is 3.24. The summed E-state index contributed by atoms with van der Waals surface area (Å²) in [5.74, 6) is -1.01. The van der Waals surface area contributed by atoms with E-state index in [0.29, 0.717) is 11.4 Å². The number of carbonyl (C=O) groups is 1. The highest BCUT2D eigenvalue weighted by Gasteiger charge is 2.22. The number of benzene rings is 1. The lowest BCUT2D eigenvalue weighted by atomic mass is 10.1. The Morgan fingerprint density at radius 3 is 2.50 bits per heavy atom. The molecule has 0 radical (unpaired) electrons. The van der Waals surface area contributed by atoms with E-state index in [4.69, 9.17) is 5.11 Å². The third-order valence-electron chi connectivity index (χ3n) is 3.89. The molecule has 3 nitrogen and oxygen atoms in total. The van der Waals surface area contributed by atoms with Crippen LogP contribution in [0, 0.1) is 0 Å². The van der Waals surface area contributed by atoms with Crippen LogP contribution in [0.5, 0.6) is 0 Å². The summed E-state index contributed by atoms with van der Waals surface area (Å²) in [7, 11) is -2.73. The molecule has 0 aliphatic rings. The highest BCUT2D eigenvalue weighted by molar-refractivity contribution is 6.41. The van der Waals surface area contributed by atoms with E-state index < -0.39 is 13.4 Å². The molecule has 2 aromatic rings. The van der Waals surface area contributed by atoms with E-state index in [1.54, 1.807) is 18.2 Å². The molecule has 0 bridgehead atoms. The Morgan fingerprint density at radius 2 is 1.88 bits per heavy atom. The highest BCUT2D eigenvalue weighted by atomic mass is 19.2. The van der Waals surface area contributed by atoms with Crippen molar-refractivity contribution >= 4 is 25.0 Å². The van der Waals surface area contributed by atoms with Crippen LogP contribution < -0.4 is 0 Å². The minimum absolute atomic E-state index is 0.0627. The molecule has 0 aliphatic heterocycles. The number of carboxylic acid groups (broad SMARTS) is 1. The van der Waals surface area contributed by atoms with E-state index in [2.05, 4.69) is 6.58 Å². The second-order valence-corrected chi connectivity index (χ2v) is 5.90. The lowest BCUT2D eigenvalue weighted by Crippen LogP contribution is -2.18. The molecular weight excluding hydrogens is 335 g/mol. The first-order valence-electron chi connectivity index (χ1n) is 8.19. The molecule has 0 spiro atoms. The van der Waals surface area contributed by atoms with Crippen molar-refractivity contribution in [2.45, 2.75) is 19.8 Å². The van der Waals surface area contributed by atoms with Crippen LogP contribution in [0.2, 0.25) is 0 Å². The van der Waals surface area contributed by atoms with Gasteiger partial charge >= 0.3 is 13.4 Å². The van der Waals surface area contributed by atoms with E-state index in [-0.39, 0.29) is 12.8 Å². The molecule has 26 heavy (non-hydrogen) atoms. The van der Waals surface area contributed by atoms with Gasteiger partial charge in [-0.05, 0) is 48.3 Å². The first-order valence-corrected chi connectivity index (χ1v) is 8.19. The van der Waals surface area contributed by atoms with Crippen molar-refractivity contribution in [1.29, 1.82) is 0 Å². The van der Waals surface area contributed by atoms with Gasteiger partial charge in [-0.1, -0.05) is 49.1 Å². The van der Waals surface area contributed by atoms with Gasteiger partial charge in [0.05, 0.1) is 6.42 Å². The fourth-order valence-corrected chi connectivity index (χ4v) is 2.56. The standard InChI is InChI=1S/C20H20BF2NO2/c1-15(8-9-16(2)17-6-4-3-5-7-17)14-19-11-10-18(12-13-20(25)26)24(19)21(22)23/h3-11,14H,2,12-13H2,1H3,(H,25,26)/b9-8-,15-14+. The van der Waals surface area contributed by atoms with E-state index >= 15 is 0 Å². The number of aliphatic carboxylic acids is 1. The lowest BCUT2D eigenvalue weighted by Gasteiger charge is -2.08. The number of halogens is 2. The Kier molecular flexibility index (Phi) is 6.72. The van der Waals surface area contributed by atoms with Gasteiger partial charge in [0.2, 0.25) is 0 Å². The summed E-state index contributed by atoms with van der Waals surface area (Å²) in [6.45, 7) is 5.81. The van der Waals surface area contributed by atoms with Crippen LogP contribution in [0.3, 0.4) is 0 Å². The van der Waals surface area contributed by atoms with E-state index in [0.717, 1.165) is 21.2 Å². The normalized spacial score (nSPS) is 11.7. The number of aromatic nitrogens is 1. The first kappa shape index (κ1) is 19.4. The van der Waals surface area contributed by atoms with Crippen LogP contribution in [0.25, 0.3) is 11.6 Å². The largest absolute Gasteiger partial charge is 0.677 e. The number of allylic oxidation sites excluding steroid dienone is 4. The van der Waals surface area contributed by atoms with Gasteiger partial charge in [0.1, 0.15) is 0 Å². The monoisotopic (exact) mass is 355 g/mol. The van der Waals surface area contributed by atoms with Gasteiger partial charge in [0.15, 0.2) is 0 Å². The van der Waals surface area contributed by atoms with E-state index in [9.17, 15) is 13.4 Å². The average Bonchev–Trinajstić information content (AvgIpc) is 3.01. The van der Waals surface area contributed by atoms with Gasteiger partial charge in [-0.25, -0.2) is 0 Å². The Morgan fingerprint density at radius 1 is 1.19 bits per heavy atom. The van der Waals surface area contributed by atoms with Gasteiger partial charge in [0, 0.05) is 11.4 Å². The molecule has 0 amide bonds. The molecule has 0 unspecified atom stereocenters. The zero-order valence-corrected chi connectivity index (χ0v) is 14.5. The molecule has 1 N–H and O–H groups in total. The van der Waals surface area contributed by atoms with Gasteiger partial charge < -0.3 is 9.58 Å². The van der Waals surface area contributed by atoms with Crippen LogP contribution in [0.15, 0.2) is 66.8 Å². The van der Waals surface area contributed by atoms with Crippen LogP contribution in [0.4, 0.5) is 8.63 Å². The number of nitrogens with zero attached hydrogens (tertiary/aromatic N) is 1. The molecular formula is C20H20BF2NO2. The van der Waals surface area contributed by atoms with Gasteiger partial charge in [-0.15, -0.1) is 0 Å². The Balaban J connectivity index is 2.18. The summed E-state index contributed by atoms with van der Waals surface area (Å²) in [6.07, 6.45) is 5.17. The molecule has 0 atom stereocenters. The highest BCUT2D eigenvalue weighted by Crippen LogP contribution is 2.19. The lowest BCUT2D eigenvalue weighted by molar-refractivity contribution is -0.136. The fraction of sp³-hybridized carbons (Fsp3) is 0.150. The Bertz CT molecular complexity index is 839. The molecule has 0 aliphatic carbocycles. The summed E-state index contributed by atoms with van der Waals surface area (Å²) in [5, 5.41) is 8.75. The van der Waals surface area contributed by atoms with Crippen LogP contribution >= 0.6 is 0 Å². The van der Waals surface area contributed by atoms with Crippen molar-refractivity contribution in [2.75, 3.05) is 0 Å². The summed E-state index contributed by atoms with van der Waals surface area (Å²) >= 11 is 0. The zero-order valence-electron chi connectivity index (χ0n) is 14.5. The molecule has 134 valence electrons. The average molecular weight is 355 g/mol. The van der Waals surface area contributed by atoms with Crippen molar-refractivity contribution in [3.8, 4) is 0 Å². The molecule has 0 fully saturated rings. The number of hydrogen-bond acceptors (Lipinski definition) is 1. The number of rotatable bonds is 8. The fourth-order valence-electron chi connectivity index (χ4n) is 2.56.